The maximum Gasteiger partial charge on any atom is 0.214 e. The van der Waals surface area contributed by atoms with Gasteiger partial charge in [0.05, 0.1) is 6.20 Å². The first-order valence-electron chi connectivity index (χ1n) is 3.20. The second kappa shape index (κ2) is 5.37. The molecule has 0 saturated carbocycles. The second-order valence-electron chi connectivity index (χ2n) is 1.84. The normalized spacial score (nSPS) is 9.50. The van der Waals surface area contributed by atoms with Gasteiger partial charge in [0.25, 0.3) is 0 Å². The Morgan fingerprint density at radius 1 is 1.17 bits per heavy atom. The lowest BCUT2D eigenvalue weighted by atomic mass is 10.4. The largest absolute Gasteiger partial charge is 0.481 e. The summed E-state index contributed by atoms with van der Waals surface area (Å²) in [5.41, 5.74) is 0.909. The predicted octanol–water partition coefficient (Wildman–Crippen LogP) is 2.54. The molecule has 0 atom stereocenters. The van der Waals surface area contributed by atoms with Crippen molar-refractivity contribution in [3.8, 4) is 11.6 Å². The van der Waals surface area contributed by atoms with E-state index in [0.717, 1.165) is 0 Å². The molecule has 0 bridgehead atoms. The molecule has 1 heterocycles. The van der Waals surface area contributed by atoms with Gasteiger partial charge in [-0.15, -0.1) is 0 Å². The van der Waals surface area contributed by atoms with E-state index in [2.05, 4.69) is 36.8 Å². The summed E-state index contributed by atoms with van der Waals surface area (Å²) in [6.07, 6.45) is 1.61. The molecule has 0 saturated heterocycles. The molecule has 0 amide bonds. The molecular weight excluding hydrogens is 290 g/mol. The number of ether oxygens (including phenoxy) is 2. The van der Waals surface area contributed by atoms with Crippen molar-refractivity contribution in [3.63, 3.8) is 0 Å². The molecule has 1 aromatic rings. The van der Waals surface area contributed by atoms with E-state index in [1.54, 1.807) is 18.3 Å². The highest BCUT2D eigenvalue weighted by Crippen LogP contribution is 2.14. The molecule has 0 unspecified atom stereocenters. The van der Waals surface area contributed by atoms with E-state index < -0.39 is 0 Å². The van der Waals surface area contributed by atoms with Gasteiger partial charge < -0.3 is 9.47 Å². The Labute approximate surface area is 87.3 Å². The standard InChI is InChI=1S/C7H7Br2NO2/c8-4-11-6-1-2-7(10-3-6)12-5-9/h1-3H,4-5H2. The van der Waals surface area contributed by atoms with Gasteiger partial charge >= 0.3 is 0 Å². The van der Waals surface area contributed by atoms with Gasteiger partial charge in [-0.05, 0) is 37.9 Å². The van der Waals surface area contributed by atoms with Crippen LogP contribution in [-0.4, -0.2) is 16.0 Å². The van der Waals surface area contributed by atoms with E-state index in [1.165, 1.54) is 0 Å². The van der Waals surface area contributed by atoms with E-state index in [9.17, 15) is 0 Å². The number of halogens is 2. The van der Waals surface area contributed by atoms with Gasteiger partial charge in [0, 0.05) is 6.07 Å². The van der Waals surface area contributed by atoms with Crippen LogP contribution < -0.4 is 9.47 Å². The van der Waals surface area contributed by atoms with Crippen molar-refractivity contribution < 1.29 is 9.47 Å². The van der Waals surface area contributed by atoms with Crippen LogP contribution >= 0.6 is 31.9 Å². The van der Waals surface area contributed by atoms with Crippen molar-refractivity contribution in [2.45, 2.75) is 0 Å². The van der Waals surface area contributed by atoms with Crippen molar-refractivity contribution in [2.24, 2.45) is 0 Å². The lowest BCUT2D eigenvalue weighted by Gasteiger charge is -2.02. The van der Waals surface area contributed by atoms with Crippen molar-refractivity contribution in [2.75, 3.05) is 11.0 Å². The molecule has 1 aromatic heterocycles. The van der Waals surface area contributed by atoms with Crippen molar-refractivity contribution >= 4 is 31.9 Å². The highest BCUT2D eigenvalue weighted by Gasteiger charge is 1.95. The minimum atomic E-state index is 0.443. The SMILES string of the molecule is BrCOc1ccc(OCBr)nc1. The third kappa shape index (κ3) is 2.98. The fourth-order valence-electron chi connectivity index (χ4n) is 0.656. The molecule has 66 valence electrons. The molecule has 0 aliphatic heterocycles. The summed E-state index contributed by atoms with van der Waals surface area (Å²) in [6.45, 7) is 0. The Hall–Kier alpha value is -0.290. The van der Waals surface area contributed by atoms with Crippen LogP contribution in [-0.2, 0) is 0 Å². The Morgan fingerprint density at radius 2 is 1.92 bits per heavy atom. The molecule has 0 fully saturated rings. The maximum absolute atomic E-state index is 5.13. The number of aromatic nitrogens is 1. The minimum absolute atomic E-state index is 0.443. The predicted molar refractivity (Wildman–Crippen MR) is 53.1 cm³/mol. The zero-order valence-electron chi connectivity index (χ0n) is 6.17. The fraction of sp³-hybridized carbons (Fsp3) is 0.286. The van der Waals surface area contributed by atoms with E-state index in [4.69, 9.17) is 9.47 Å². The lowest BCUT2D eigenvalue weighted by molar-refractivity contribution is 0.372. The molecule has 0 radical (unpaired) electrons. The summed E-state index contributed by atoms with van der Waals surface area (Å²) >= 11 is 6.28. The van der Waals surface area contributed by atoms with Gasteiger partial charge in [-0.2, -0.15) is 0 Å². The number of nitrogens with zero attached hydrogens (tertiary/aromatic N) is 1. The van der Waals surface area contributed by atoms with Gasteiger partial charge in [-0.25, -0.2) is 4.98 Å². The third-order valence-corrected chi connectivity index (χ3v) is 1.59. The van der Waals surface area contributed by atoms with Gasteiger partial charge in [0.2, 0.25) is 5.88 Å². The third-order valence-electron chi connectivity index (χ3n) is 1.13. The Balaban J connectivity index is 2.58. The van der Waals surface area contributed by atoms with E-state index in [-0.39, 0.29) is 0 Å². The quantitative estimate of drug-likeness (QED) is 0.800. The Bertz CT molecular complexity index is 202. The van der Waals surface area contributed by atoms with Crippen molar-refractivity contribution in [3.05, 3.63) is 18.3 Å². The fourth-order valence-corrected chi connectivity index (χ4v) is 1.16. The smallest absolute Gasteiger partial charge is 0.214 e. The average Bonchev–Trinajstić information content (AvgIpc) is 2.09. The highest BCUT2D eigenvalue weighted by molar-refractivity contribution is 9.09. The molecule has 12 heavy (non-hydrogen) atoms. The number of alkyl halides is 2. The molecular formula is C7H7Br2NO2. The van der Waals surface area contributed by atoms with Gasteiger partial charge in [-0.1, -0.05) is 0 Å². The minimum Gasteiger partial charge on any atom is -0.481 e. The number of hydrogen-bond donors (Lipinski definition) is 0. The first-order valence-corrected chi connectivity index (χ1v) is 5.44. The van der Waals surface area contributed by atoms with Crippen LogP contribution in [0.1, 0.15) is 0 Å². The van der Waals surface area contributed by atoms with Crippen LogP contribution in [0.3, 0.4) is 0 Å². The molecule has 0 N–H and O–H groups in total. The summed E-state index contributed by atoms with van der Waals surface area (Å²) in [5.74, 6) is 1.29. The summed E-state index contributed by atoms with van der Waals surface area (Å²) in [6, 6.07) is 3.55. The first kappa shape index (κ1) is 9.80. The van der Waals surface area contributed by atoms with Crippen LogP contribution in [0.5, 0.6) is 11.6 Å². The van der Waals surface area contributed by atoms with Crippen LogP contribution in [0.25, 0.3) is 0 Å². The van der Waals surface area contributed by atoms with Crippen LogP contribution in [0.4, 0.5) is 0 Å². The van der Waals surface area contributed by atoms with Crippen LogP contribution in [0.2, 0.25) is 0 Å². The number of pyridine rings is 1. The lowest BCUT2D eigenvalue weighted by Crippen LogP contribution is -1.93. The topological polar surface area (TPSA) is 31.4 Å². The average molecular weight is 297 g/mol. The van der Waals surface area contributed by atoms with Crippen molar-refractivity contribution in [1.82, 2.24) is 4.98 Å². The van der Waals surface area contributed by atoms with E-state index >= 15 is 0 Å². The molecule has 1 rings (SSSR count). The monoisotopic (exact) mass is 295 g/mol. The summed E-state index contributed by atoms with van der Waals surface area (Å²) in [4.78, 5) is 3.99. The maximum atomic E-state index is 5.13. The van der Waals surface area contributed by atoms with E-state index in [0.29, 0.717) is 22.7 Å². The Kier molecular flexibility index (Phi) is 4.39. The number of hydrogen-bond acceptors (Lipinski definition) is 3. The number of rotatable bonds is 4. The first-order chi connectivity index (χ1) is 5.86. The molecule has 0 spiro atoms. The molecule has 3 nitrogen and oxygen atoms in total. The summed E-state index contributed by atoms with van der Waals surface area (Å²) < 4.78 is 10.2. The molecule has 0 aromatic carbocycles. The van der Waals surface area contributed by atoms with Crippen molar-refractivity contribution in [1.29, 1.82) is 0 Å². The van der Waals surface area contributed by atoms with Crippen LogP contribution in [0.15, 0.2) is 18.3 Å². The molecule has 0 aliphatic carbocycles. The highest BCUT2D eigenvalue weighted by atomic mass is 79.9. The van der Waals surface area contributed by atoms with E-state index in [1.807, 2.05) is 0 Å². The summed E-state index contributed by atoms with van der Waals surface area (Å²) in [7, 11) is 0. The Morgan fingerprint density at radius 3 is 2.42 bits per heavy atom. The molecule has 5 heteroatoms. The zero-order chi connectivity index (χ0) is 8.81. The zero-order valence-corrected chi connectivity index (χ0v) is 9.34. The molecule has 0 aliphatic rings. The second-order valence-corrected chi connectivity index (χ2v) is 2.75. The summed E-state index contributed by atoms with van der Waals surface area (Å²) in [5, 5.41) is 0. The van der Waals surface area contributed by atoms with Gasteiger partial charge in [-0.3, -0.25) is 0 Å². The van der Waals surface area contributed by atoms with Gasteiger partial charge in [0.1, 0.15) is 16.8 Å². The van der Waals surface area contributed by atoms with Crippen LogP contribution in [0, 0.1) is 0 Å². The van der Waals surface area contributed by atoms with Gasteiger partial charge in [0.15, 0.2) is 0 Å².